The second kappa shape index (κ2) is 2.78. The van der Waals surface area contributed by atoms with Gasteiger partial charge in [-0.3, -0.25) is 5.73 Å². The zero-order valence-electron chi connectivity index (χ0n) is 7.44. The lowest BCUT2D eigenvalue weighted by Gasteiger charge is -2.17. The van der Waals surface area contributed by atoms with Gasteiger partial charge in [0.05, 0.1) is 5.71 Å². The first-order valence-corrected chi connectivity index (χ1v) is 4.17. The van der Waals surface area contributed by atoms with Crippen LogP contribution in [0.15, 0.2) is 40.3 Å². The molecule has 3 nitrogen and oxygen atoms in total. The average molecular weight is 173 g/mol. The molecule has 2 rings (SSSR count). The third-order valence-electron chi connectivity index (χ3n) is 1.99. The molecule has 2 N–H and O–H groups in total. The predicted octanol–water partition coefficient (Wildman–Crippen LogP) is 1.30. The van der Waals surface area contributed by atoms with Gasteiger partial charge in [0.2, 0.25) is 5.79 Å². The smallest absolute Gasteiger partial charge is 0.229 e. The van der Waals surface area contributed by atoms with Crippen molar-refractivity contribution in [2.45, 2.75) is 12.7 Å². The first-order chi connectivity index (χ1) is 6.21. The molecule has 1 heterocycles. The highest BCUT2D eigenvalue weighted by molar-refractivity contribution is 6.30. The summed E-state index contributed by atoms with van der Waals surface area (Å²) in [6, 6.07) is 9.67. The summed E-state index contributed by atoms with van der Waals surface area (Å²) in [5.41, 5.74) is 7.77. The van der Waals surface area contributed by atoms with Crippen LogP contribution in [0, 0.1) is 0 Å². The second-order valence-corrected chi connectivity index (χ2v) is 3.10. The Morgan fingerprint density at radius 2 is 1.92 bits per heavy atom. The fraction of sp³-hybridized carbons (Fsp3) is 0.200. The SMILES string of the molecule is CC1=NC(N)(c2ccccc2)N=C1. The minimum Gasteiger partial charge on any atom is -0.284 e. The van der Waals surface area contributed by atoms with E-state index in [2.05, 4.69) is 9.98 Å². The maximum Gasteiger partial charge on any atom is 0.229 e. The normalized spacial score (nSPS) is 26.2. The Labute approximate surface area is 77.0 Å². The number of nitrogens with zero attached hydrogens (tertiary/aromatic N) is 2. The Kier molecular flexibility index (Phi) is 1.74. The van der Waals surface area contributed by atoms with Gasteiger partial charge < -0.3 is 0 Å². The number of hydrogen-bond donors (Lipinski definition) is 1. The standard InChI is InChI=1S/C10H11N3/c1-8-7-12-10(11,13-8)9-5-3-2-4-6-9/h2-7H,11H2,1H3. The van der Waals surface area contributed by atoms with E-state index in [1.807, 2.05) is 37.3 Å². The van der Waals surface area contributed by atoms with Crippen molar-refractivity contribution in [2.75, 3.05) is 0 Å². The largest absolute Gasteiger partial charge is 0.284 e. The van der Waals surface area contributed by atoms with Crippen molar-refractivity contribution < 1.29 is 0 Å². The van der Waals surface area contributed by atoms with E-state index < -0.39 is 5.79 Å². The first-order valence-electron chi connectivity index (χ1n) is 4.17. The zero-order chi connectivity index (χ0) is 9.31. The topological polar surface area (TPSA) is 50.7 Å². The molecule has 3 heteroatoms. The minimum absolute atomic E-state index is 0.867. The first kappa shape index (κ1) is 8.13. The molecule has 0 saturated heterocycles. The van der Waals surface area contributed by atoms with Crippen molar-refractivity contribution in [3.05, 3.63) is 35.9 Å². The fourth-order valence-electron chi connectivity index (χ4n) is 1.34. The van der Waals surface area contributed by atoms with Gasteiger partial charge >= 0.3 is 0 Å². The second-order valence-electron chi connectivity index (χ2n) is 3.10. The molecule has 1 atom stereocenters. The Hall–Kier alpha value is -1.48. The fourth-order valence-corrected chi connectivity index (χ4v) is 1.34. The maximum atomic E-state index is 5.99. The van der Waals surface area contributed by atoms with Gasteiger partial charge in [-0.25, -0.2) is 9.98 Å². The van der Waals surface area contributed by atoms with E-state index in [9.17, 15) is 0 Å². The van der Waals surface area contributed by atoms with Crippen LogP contribution in [0.4, 0.5) is 0 Å². The summed E-state index contributed by atoms with van der Waals surface area (Å²) in [6.45, 7) is 1.89. The summed E-state index contributed by atoms with van der Waals surface area (Å²) in [5, 5.41) is 0. The molecule has 0 bridgehead atoms. The van der Waals surface area contributed by atoms with E-state index >= 15 is 0 Å². The van der Waals surface area contributed by atoms with Crippen molar-refractivity contribution in [1.29, 1.82) is 0 Å². The zero-order valence-corrected chi connectivity index (χ0v) is 7.44. The highest BCUT2D eigenvalue weighted by Crippen LogP contribution is 2.23. The number of aliphatic imine (C=N–C) groups is 2. The van der Waals surface area contributed by atoms with Crippen LogP contribution in [-0.4, -0.2) is 11.9 Å². The van der Waals surface area contributed by atoms with Crippen LogP contribution in [0.1, 0.15) is 12.5 Å². The van der Waals surface area contributed by atoms with Gasteiger partial charge in [-0.15, -0.1) is 0 Å². The molecular weight excluding hydrogens is 162 g/mol. The number of nitrogens with two attached hydrogens (primary N) is 1. The van der Waals surface area contributed by atoms with E-state index in [0.717, 1.165) is 11.3 Å². The molecule has 1 aromatic carbocycles. The van der Waals surface area contributed by atoms with E-state index in [4.69, 9.17) is 5.73 Å². The lowest BCUT2D eigenvalue weighted by atomic mass is 10.1. The highest BCUT2D eigenvalue weighted by Gasteiger charge is 2.27. The van der Waals surface area contributed by atoms with E-state index in [-0.39, 0.29) is 0 Å². The molecule has 1 aromatic rings. The summed E-state index contributed by atoms with van der Waals surface area (Å²) >= 11 is 0. The lowest BCUT2D eigenvalue weighted by Crippen LogP contribution is -2.30. The van der Waals surface area contributed by atoms with Crippen LogP contribution in [0.25, 0.3) is 0 Å². The van der Waals surface area contributed by atoms with Gasteiger partial charge in [-0.1, -0.05) is 30.3 Å². The van der Waals surface area contributed by atoms with Gasteiger partial charge in [0.15, 0.2) is 0 Å². The van der Waals surface area contributed by atoms with Gasteiger partial charge in [0.25, 0.3) is 0 Å². The van der Waals surface area contributed by atoms with E-state index in [1.54, 1.807) is 6.21 Å². The van der Waals surface area contributed by atoms with Crippen molar-refractivity contribution in [3.8, 4) is 0 Å². The van der Waals surface area contributed by atoms with Gasteiger partial charge in [0.1, 0.15) is 0 Å². The van der Waals surface area contributed by atoms with E-state index in [0.29, 0.717) is 0 Å². The monoisotopic (exact) mass is 173 g/mol. The van der Waals surface area contributed by atoms with Crippen LogP contribution < -0.4 is 5.73 Å². The highest BCUT2D eigenvalue weighted by atomic mass is 15.2. The molecule has 0 saturated carbocycles. The molecule has 0 radical (unpaired) electrons. The molecule has 13 heavy (non-hydrogen) atoms. The summed E-state index contributed by atoms with van der Waals surface area (Å²) in [6.07, 6.45) is 1.70. The molecular formula is C10H11N3. The van der Waals surface area contributed by atoms with Crippen molar-refractivity contribution >= 4 is 11.9 Å². The third-order valence-corrected chi connectivity index (χ3v) is 1.99. The number of hydrogen-bond acceptors (Lipinski definition) is 3. The summed E-state index contributed by atoms with van der Waals surface area (Å²) in [7, 11) is 0. The Balaban J connectivity index is 2.43. The number of rotatable bonds is 1. The quantitative estimate of drug-likeness (QED) is 0.683. The molecule has 0 aliphatic carbocycles. The molecule has 66 valence electrons. The lowest BCUT2D eigenvalue weighted by molar-refractivity contribution is 0.509. The third kappa shape index (κ3) is 1.38. The summed E-state index contributed by atoms with van der Waals surface area (Å²) < 4.78 is 0. The molecule has 0 aromatic heterocycles. The van der Waals surface area contributed by atoms with Crippen molar-refractivity contribution in [3.63, 3.8) is 0 Å². The van der Waals surface area contributed by atoms with Gasteiger partial charge in [-0.2, -0.15) is 0 Å². The van der Waals surface area contributed by atoms with Crippen molar-refractivity contribution in [2.24, 2.45) is 15.7 Å². The van der Waals surface area contributed by atoms with Crippen LogP contribution in [0.3, 0.4) is 0 Å². The Bertz CT molecular complexity index is 367. The molecule has 0 spiro atoms. The Morgan fingerprint density at radius 1 is 1.23 bits per heavy atom. The number of benzene rings is 1. The average Bonchev–Trinajstić information content (AvgIpc) is 2.49. The molecule has 0 amide bonds. The van der Waals surface area contributed by atoms with Gasteiger partial charge in [-0.05, 0) is 6.92 Å². The molecule has 1 aliphatic heterocycles. The van der Waals surface area contributed by atoms with Crippen LogP contribution >= 0.6 is 0 Å². The van der Waals surface area contributed by atoms with Crippen LogP contribution in [0.2, 0.25) is 0 Å². The minimum atomic E-state index is -0.884. The molecule has 0 fully saturated rings. The van der Waals surface area contributed by atoms with Gasteiger partial charge in [0, 0.05) is 11.8 Å². The van der Waals surface area contributed by atoms with Crippen LogP contribution in [0.5, 0.6) is 0 Å². The predicted molar refractivity (Wildman–Crippen MR) is 53.9 cm³/mol. The van der Waals surface area contributed by atoms with E-state index in [1.165, 1.54) is 0 Å². The molecule has 1 unspecified atom stereocenters. The summed E-state index contributed by atoms with van der Waals surface area (Å²) in [5.74, 6) is -0.884. The maximum absolute atomic E-state index is 5.99. The Morgan fingerprint density at radius 3 is 2.46 bits per heavy atom. The molecule has 1 aliphatic rings. The summed E-state index contributed by atoms with van der Waals surface area (Å²) in [4.78, 5) is 8.43. The van der Waals surface area contributed by atoms with Crippen molar-refractivity contribution in [1.82, 2.24) is 0 Å². The van der Waals surface area contributed by atoms with Crippen LogP contribution in [-0.2, 0) is 5.79 Å².